The maximum Gasteiger partial charge on any atom is 0.119 e. The second-order valence-electron chi connectivity index (χ2n) is 6.41. The fourth-order valence-electron chi connectivity index (χ4n) is 2.43. The molecule has 2 aromatic rings. The largest absolute Gasteiger partial charge is 0.489 e. The van der Waals surface area contributed by atoms with Gasteiger partial charge in [-0.05, 0) is 42.0 Å². The highest BCUT2D eigenvalue weighted by atomic mass is 16.5. The summed E-state index contributed by atoms with van der Waals surface area (Å²) in [5.41, 5.74) is 8.22. The Morgan fingerprint density at radius 3 is 2.22 bits per heavy atom. The molecule has 0 heterocycles. The van der Waals surface area contributed by atoms with Gasteiger partial charge in [-0.3, -0.25) is 0 Å². The molecule has 2 rings (SSSR count). The first-order valence-corrected chi connectivity index (χ1v) is 8.26. The summed E-state index contributed by atoms with van der Waals surface area (Å²) in [5, 5.41) is 10.2. The number of hydrogen-bond acceptors (Lipinski definition) is 3. The summed E-state index contributed by atoms with van der Waals surface area (Å²) < 4.78 is 5.76. The molecule has 0 saturated carbocycles. The molecule has 3 heteroatoms. The first-order chi connectivity index (χ1) is 11.1. The maximum atomic E-state index is 10.2. The summed E-state index contributed by atoms with van der Waals surface area (Å²) in [6.07, 6.45) is 1.20. The van der Waals surface area contributed by atoms with E-state index < -0.39 is 6.10 Å². The third kappa shape index (κ3) is 5.70. The van der Waals surface area contributed by atoms with Crippen LogP contribution >= 0.6 is 0 Å². The highest BCUT2D eigenvalue weighted by molar-refractivity contribution is 5.30. The van der Waals surface area contributed by atoms with Gasteiger partial charge in [-0.15, -0.1) is 0 Å². The van der Waals surface area contributed by atoms with Crippen molar-refractivity contribution in [2.75, 3.05) is 0 Å². The zero-order valence-electron chi connectivity index (χ0n) is 14.0. The predicted molar refractivity (Wildman–Crippen MR) is 94.2 cm³/mol. The van der Waals surface area contributed by atoms with Crippen molar-refractivity contribution in [3.8, 4) is 5.75 Å². The molecule has 0 aliphatic carbocycles. The molecule has 0 aromatic heterocycles. The van der Waals surface area contributed by atoms with Crippen LogP contribution in [0.15, 0.2) is 54.6 Å². The Kier molecular flexibility index (Phi) is 6.63. The normalized spacial score (nSPS) is 13.8. The molecule has 0 unspecified atom stereocenters. The van der Waals surface area contributed by atoms with Crippen LogP contribution in [-0.2, 0) is 6.61 Å². The van der Waals surface area contributed by atoms with Gasteiger partial charge < -0.3 is 15.6 Å². The highest BCUT2D eigenvalue weighted by Crippen LogP contribution is 2.22. The smallest absolute Gasteiger partial charge is 0.119 e. The Morgan fingerprint density at radius 2 is 1.61 bits per heavy atom. The molecule has 0 radical (unpaired) electrons. The lowest BCUT2D eigenvalue weighted by Crippen LogP contribution is -2.26. The summed E-state index contributed by atoms with van der Waals surface area (Å²) in [6, 6.07) is 17.4. The first-order valence-electron chi connectivity index (χ1n) is 8.26. The summed E-state index contributed by atoms with van der Waals surface area (Å²) in [5.74, 6) is 1.38. The number of rotatable bonds is 8. The average molecular weight is 313 g/mol. The molecule has 0 amide bonds. The first kappa shape index (κ1) is 17.5. The summed E-state index contributed by atoms with van der Waals surface area (Å²) >= 11 is 0. The number of ether oxygens (including phenoxy) is 1. The van der Waals surface area contributed by atoms with Crippen LogP contribution in [0.2, 0.25) is 0 Å². The van der Waals surface area contributed by atoms with Crippen molar-refractivity contribution in [1.29, 1.82) is 0 Å². The van der Waals surface area contributed by atoms with Crippen LogP contribution < -0.4 is 10.5 Å². The third-order valence-electron chi connectivity index (χ3n) is 3.97. The molecule has 0 aliphatic rings. The van der Waals surface area contributed by atoms with Crippen molar-refractivity contribution in [2.24, 2.45) is 11.7 Å². The van der Waals surface area contributed by atoms with Gasteiger partial charge in [-0.2, -0.15) is 0 Å². The number of aliphatic hydroxyl groups excluding tert-OH is 1. The lowest BCUT2D eigenvalue weighted by Gasteiger charge is -2.20. The van der Waals surface area contributed by atoms with E-state index in [0.717, 1.165) is 29.7 Å². The van der Waals surface area contributed by atoms with Crippen LogP contribution in [0.1, 0.15) is 43.9 Å². The lowest BCUT2D eigenvalue weighted by molar-refractivity contribution is 0.128. The van der Waals surface area contributed by atoms with Gasteiger partial charge in [0, 0.05) is 0 Å². The molecule has 0 bridgehead atoms. The molecule has 124 valence electrons. The molecule has 2 aromatic carbocycles. The van der Waals surface area contributed by atoms with Crippen molar-refractivity contribution in [3.63, 3.8) is 0 Å². The molecule has 3 N–H and O–H groups in total. The minimum absolute atomic E-state index is 0.350. The fourth-order valence-corrected chi connectivity index (χ4v) is 2.43. The maximum absolute atomic E-state index is 10.2. The average Bonchev–Trinajstić information content (AvgIpc) is 2.58. The molecule has 0 saturated heterocycles. The molecule has 23 heavy (non-hydrogen) atoms. The van der Waals surface area contributed by atoms with Crippen LogP contribution in [0.25, 0.3) is 0 Å². The quantitative estimate of drug-likeness (QED) is 0.772. The molecule has 2 atom stereocenters. The second kappa shape index (κ2) is 8.70. The van der Waals surface area contributed by atoms with Gasteiger partial charge in [0.2, 0.25) is 0 Å². The van der Waals surface area contributed by atoms with Crippen molar-refractivity contribution >= 4 is 0 Å². The standard InChI is InChI=1S/C20H27NO2/c1-15(2)8-13-19(22)20(21)17-9-11-18(12-10-17)23-14-16-6-4-3-5-7-16/h3-7,9-12,15,19-20,22H,8,13-14,21H2,1-2H3/t19-,20+/m0/s1. The van der Waals surface area contributed by atoms with Crippen LogP contribution in [0, 0.1) is 5.92 Å². The Balaban J connectivity index is 1.88. The summed E-state index contributed by atoms with van der Waals surface area (Å²) in [6.45, 7) is 4.84. The van der Waals surface area contributed by atoms with Crippen LogP contribution in [-0.4, -0.2) is 11.2 Å². The van der Waals surface area contributed by atoms with E-state index in [0.29, 0.717) is 12.5 Å². The molecular formula is C20H27NO2. The fraction of sp³-hybridized carbons (Fsp3) is 0.400. The molecule has 0 aliphatic heterocycles. The molecule has 0 fully saturated rings. The van der Waals surface area contributed by atoms with E-state index in [-0.39, 0.29) is 6.04 Å². The number of hydrogen-bond donors (Lipinski definition) is 2. The lowest BCUT2D eigenvalue weighted by atomic mass is 9.96. The molecular weight excluding hydrogens is 286 g/mol. The topological polar surface area (TPSA) is 55.5 Å². The third-order valence-corrected chi connectivity index (χ3v) is 3.97. The van der Waals surface area contributed by atoms with Crippen molar-refractivity contribution in [1.82, 2.24) is 0 Å². The number of aliphatic hydroxyl groups is 1. The van der Waals surface area contributed by atoms with Gasteiger partial charge in [-0.25, -0.2) is 0 Å². The van der Waals surface area contributed by atoms with Crippen molar-refractivity contribution in [3.05, 3.63) is 65.7 Å². The zero-order valence-corrected chi connectivity index (χ0v) is 14.0. The van der Waals surface area contributed by atoms with E-state index in [1.165, 1.54) is 0 Å². The number of nitrogens with two attached hydrogens (primary N) is 1. The second-order valence-corrected chi connectivity index (χ2v) is 6.41. The zero-order chi connectivity index (χ0) is 16.7. The van der Waals surface area contributed by atoms with E-state index in [2.05, 4.69) is 13.8 Å². The van der Waals surface area contributed by atoms with Crippen LogP contribution in [0.5, 0.6) is 5.75 Å². The summed E-state index contributed by atoms with van der Waals surface area (Å²) in [4.78, 5) is 0. The van der Waals surface area contributed by atoms with Crippen molar-refractivity contribution in [2.45, 2.75) is 45.4 Å². The van der Waals surface area contributed by atoms with Gasteiger partial charge in [0.25, 0.3) is 0 Å². The number of benzene rings is 2. The minimum atomic E-state index is -0.506. The Hall–Kier alpha value is -1.84. The van der Waals surface area contributed by atoms with E-state index >= 15 is 0 Å². The molecule has 3 nitrogen and oxygen atoms in total. The van der Waals surface area contributed by atoms with E-state index in [1.54, 1.807) is 0 Å². The Labute approximate surface area is 139 Å². The molecule has 0 spiro atoms. The predicted octanol–water partition coefficient (Wildman–Crippen LogP) is 4.06. The Bertz CT molecular complexity index is 566. The van der Waals surface area contributed by atoms with Gasteiger partial charge in [0.05, 0.1) is 12.1 Å². The van der Waals surface area contributed by atoms with Gasteiger partial charge in [0.1, 0.15) is 12.4 Å². The van der Waals surface area contributed by atoms with E-state index in [9.17, 15) is 5.11 Å². The van der Waals surface area contributed by atoms with Crippen LogP contribution in [0.3, 0.4) is 0 Å². The van der Waals surface area contributed by atoms with Gasteiger partial charge in [0.15, 0.2) is 0 Å². The van der Waals surface area contributed by atoms with Crippen molar-refractivity contribution < 1.29 is 9.84 Å². The minimum Gasteiger partial charge on any atom is -0.489 e. The van der Waals surface area contributed by atoms with Gasteiger partial charge in [-0.1, -0.05) is 56.3 Å². The Morgan fingerprint density at radius 1 is 0.957 bits per heavy atom. The monoisotopic (exact) mass is 313 g/mol. The van der Waals surface area contributed by atoms with E-state index in [4.69, 9.17) is 10.5 Å². The highest BCUT2D eigenvalue weighted by Gasteiger charge is 2.17. The summed E-state index contributed by atoms with van der Waals surface area (Å²) in [7, 11) is 0. The van der Waals surface area contributed by atoms with Gasteiger partial charge >= 0.3 is 0 Å². The van der Waals surface area contributed by atoms with E-state index in [1.807, 2.05) is 54.6 Å². The SMILES string of the molecule is CC(C)CC[C@H](O)[C@H](N)c1ccc(OCc2ccccc2)cc1. The van der Waals surface area contributed by atoms with Crippen LogP contribution in [0.4, 0.5) is 0 Å².